The molecule has 84 valence electrons. The smallest absolute Gasteiger partial charge is 0.304 e. The molecule has 0 amide bonds. The maximum Gasteiger partial charge on any atom is 0.304 e. The van der Waals surface area contributed by atoms with Gasteiger partial charge in [-0.3, -0.25) is 4.79 Å². The largest absolute Gasteiger partial charge is 0.481 e. The summed E-state index contributed by atoms with van der Waals surface area (Å²) in [6.07, 6.45) is 1.92. The Morgan fingerprint density at radius 1 is 1.44 bits per heavy atom. The Morgan fingerprint density at radius 3 is 2.94 bits per heavy atom. The monoisotopic (exact) mass is 218 g/mol. The molecule has 4 heteroatoms. The first-order valence-electron chi connectivity index (χ1n) is 5.20. The van der Waals surface area contributed by atoms with Crippen molar-refractivity contribution in [2.75, 3.05) is 6.54 Å². The van der Waals surface area contributed by atoms with Crippen molar-refractivity contribution >= 4 is 16.9 Å². The fourth-order valence-electron chi connectivity index (χ4n) is 2.00. The third kappa shape index (κ3) is 1.92. The second kappa shape index (κ2) is 4.37. The molecular weight excluding hydrogens is 204 g/mol. The standard InChI is InChI=1S/C12H14N2O2/c13-7-8(6-12(15)16)9-2-1-3-11-10(9)4-5-14-11/h1-5,8,14H,6-7,13H2,(H,15,16). The number of benzene rings is 1. The van der Waals surface area contributed by atoms with Crippen LogP contribution in [-0.4, -0.2) is 22.6 Å². The van der Waals surface area contributed by atoms with Gasteiger partial charge in [-0.1, -0.05) is 12.1 Å². The van der Waals surface area contributed by atoms with E-state index in [-0.39, 0.29) is 12.3 Å². The summed E-state index contributed by atoms with van der Waals surface area (Å²) in [6, 6.07) is 7.78. The van der Waals surface area contributed by atoms with Gasteiger partial charge < -0.3 is 15.8 Å². The van der Waals surface area contributed by atoms with E-state index in [0.29, 0.717) is 6.54 Å². The maximum atomic E-state index is 10.8. The van der Waals surface area contributed by atoms with E-state index < -0.39 is 5.97 Å². The van der Waals surface area contributed by atoms with E-state index in [4.69, 9.17) is 10.8 Å². The van der Waals surface area contributed by atoms with E-state index in [1.165, 1.54) is 0 Å². The summed E-state index contributed by atoms with van der Waals surface area (Å²) in [4.78, 5) is 13.9. The third-order valence-electron chi connectivity index (χ3n) is 2.77. The number of rotatable bonds is 4. The molecular formula is C12H14N2O2. The number of carbonyl (C=O) groups is 1. The van der Waals surface area contributed by atoms with Gasteiger partial charge in [0.05, 0.1) is 6.42 Å². The number of nitrogens with one attached hydrogen (secondary N) is 1. The quantitative estimate of drug-likeness (QED) is 0.730. The van der Waals surface area contributed by atoms with E-state index in [2.05, 4.69) is 4.98 Å². The molecule has 0 bridgehead atoms. The Labute approximate surface area is 93.1 Å². The lowest BCUT2D eigenvalue weighted by Crippen LogP contribution is -2.16. The van der Waals surface area contributed by atoms with E-state index in [9.17, 15) is 4.79 Å². The molecule has 1 aromatic carbocycles. The van der Waals surface area contributed by atoms with Crippen LogP contribution in [0.1, 0.15) is 17.9 Å². The van der Waals surface area contributed by atoms with Crippen LogP contribution in [0.15, 0.2) is 30.5 Å². The van der Waals surface area contributed by atoms with Crippen molar-refractivity contribution in [3.05, 3.63) is 36.0 Å². The highest BCUT2D eigenvalue weighted by Crippen LogP contribution is 2.26. The number of aromatic amines is 1. The lowest BCUT2D eigenvalue weighted by Gasteiger charge is -2.13. The predicted molar refractivity (Wildman–Crippen MR) is 62.3 cm³/mol. The molecule has 1 aromatic heterocycles. The molecule has 1 heterocycles. The molecule has 0 saturated carbocycles. The number of aromatic nitrogens is 1. The van der Waals surface area contributed by atoms with Crippen LogP contribution in [0.3, 0.4) is 0 Å². The number of carboxylic acid groups (broad SMARTS) is 1. The number of hydrogen-bond donors (Lipinski definition) is 3. The summed E-state index contributed by atoms with van der Waals surface area (Å²) in [5.41, 5.74) is 7.66. The van der Waals surface area contributed by atoms with Gasteiger partial charge in [0, 0.05) is 23.0 Å². The average molecular weight is 218 g/mol. The van der Waals surface area contributed by atoms with Crippen molar-refractivity contribution in [1.29, 1.82) is 0 Å². The summed E-state index contributed by atoms with van der Waals surface area (Å²) < 4.78 is 0. The molecule has 2 aromatic rings. The summed E-state index contributed by atoms with van der Waals surface area (Å²) in [7, 11) is 0. The van der Waals surface area contributed by atoms with Gasteiger partial charge >= 0.3 is 5.97 Å². The van der Waals surface area contributed by atoms with Crippen LogP contribution < -0.4 is 5.73 Å². The molecule has 0 fully saturated rings. The topological polar surface area (TPSA) is 79.1 Å². The first-order valence-corrected chi connectivity index (χ1v) is 5.20. The van der Waals surface area contributed by atoms with Crippen LogP contribution >= 0.6 is 0 Å². The molecule has 0 aliphatic carbocycles. The van der Waals surface area contributed by atoms with Crippen molar-refractivity contribution in [2.45, 2.75) is 12.3 Å². The molecule has 4 N–H and O–H groups in total. The Bertz CT molecular complexity index is 504. The Hall–Kier alpha value is -1.81. The van der Waals surface area contributed by atoms with Crippen LogP contribution in [0.25, 0.3) is 10.9 Å². The maximum absolute atomic E-state index is 10.8. The van der Waals surface area contributed by atoms with Gasteiger partial charge in [-0.05, 0) is 24.2 Å². The minimum atomic E-state index is -0.817. The predicted octanol–water partition coefficient (Wildman–Crippen LogP) is 1.68. The number of carboxylic acids is 1. The first-order chi connectivity index (χ1) is 7.72. The molecule has 1 unspecified atom stereocenters. The summed E-state index contributed by atoms with van der Waals surface area (Å²) in [5, 5.41) is 9.89. The zero-order valence-corrected chi connectivity index (χ0v) is 8.81. The lowest BCUT2D eigenvalue weighted by atomic mass is 9.93. The highest BCUT2D eigenvalue weighted by Gasteiger charge is 2.16. The third-order valence-corrected chi connectivity index (χ3v) is 2.77. The molecule has 2 rings (SSSR count). The normalized spacial score (nSPS) is 12.8. The fraction of sp³-hybridized carbons (Fsp3) is 0.250. The Morgan fingerprint density at radius 2 is 2.25 bits per heavy atom. The van der Waals surface area contributed by atoms with Gasteiger partial charge in [0.25, 0.3) is 0 Å². The second-order valence-electron chi connectivity index (χ2n) is 3.82. The summed E-state index contributed by atoms with van der Waals surface area (Å²) in [5.74, 6) is -0.944. The van der Waals surface area contributed by atoms with Crippen LogP contribution in [0.5, 0.6) is 0 Å². The molecule has 16 heavy (non-hydrogen) atoms. The summed E-state index contributed by atoms with van der Waals surface area (Å²) >= 11 is 0. The number of aliphatic carboxylic acids is 1. The van der Waals surface area contributed by atoms with E-state index in [0.717, 1.165) is 16.5 Å². The molecule has 0 radical (unpaired) electrons. The van der Waals surface area contributed by atoms with Gasteiger partial charge in [-0.25, -0.2) is 0 Å². The highest BCUT2D eigenvalue weighted by molar-refractivity contribution is 5.84. The van der Waals surface area contributed by atoms with Crippen molar-refractivity contribution in [2.24, 2.45) is 5.73 Å². The van der Waals surface area contributed by atoms with E-state index in [1.54, 1.807) is 0 Å². The Kier molecular flexibility index (Phi) is 2.92. The average Bonchev–Trinajstić information content (AvgIpc) is 2.73. The van der Waals surface area contributed by atoms with Gasteiger partial charge in [-0.2, -0.15) is 0 Å². The zero-order chi connectivity index (χ0) is 11.5. The minimum absolute atomic E-state index is 0.0702. The van der Waals surface area contributed by atoms with Gasteiger partial charge in [-0.15, -0.1) is 0 Å². The zero-order valence-electron chi connectivity index (χ0n) is 8.81. The van der Waals surface area contributed by atoms with Crippen LogP contribution in [0.2, 0.25) is 0 Å². The van der Waals surface area contributed by atoms with Crippen molar-refractivity contribution in [1.82, 2.24) is 4.98 Å². The fourth-order valence-corrected chi connectivity index (χ4v) is 2.00. The number of nitrogens with two attached hydrogens (primary N) is 1. The number of hydrogen-bond acceptors (Lipinski definition) is 2. The number of fused-ring (bicyclic) bond motifs is 1. The van der Waals surface area contributed by atoms with E-state index in [1.807, 2.05) is 30.5 Å². The van der Waals surface area contributed by atoms with Gasteiger partial charge in [0.2, 0.25) is 0 Å². The lowest BCUT2D eigenvalue weighted by molar-refractivity contribution is -0.137. The molecule has 4 nitrogen and oxygen atoms in total. The number of H-pyrrole nitrogens is 1. The van der Waals surface area contributed by atoms with Gasteiger partial charge in [0.15, 0.2) is 0 Å². The summed E-state index contributed by atoms with van der Waals surface area (Å²) in [6.45, 7) is 0.344. The molecule has 1 atom stereocenters. The SMILES string of the molecule is NCC(CC(=O)O)c1cccc2[nH]ccc12. The van der Waals surface area contributed by atoms with Crippen molar-refractivity contribution in [3.8, 4) is 0 Å². The van der Waals surface area contributed by atoms with Gasteiger partial charge in [0.1, 0.15) is 0 Å². The first kappa shape index (κ1) is 10.7. The van der Waals surface area contributed by atoms with Crippen LogP contribution in [-0.2, 0) is 4.79 Å². The molecule has 0 spiro atoms. The van der Waals surface area contributed by atoms with Crippen LogP contribution in [0, 0.1) is 0 Å². The van der Waals surface area contributed by atoms with E-state index >= 15 is 0 Å². The molecule has 0 aliphatic heterocycles. The van der Waals surface area contributed by atoms with Crippen molar-refractivity contribution in [3.63, 3.8) is 0 Å². The molecule has 0 aliphatic rings. The van der Waals surface area contributed by atoms with Crippen molar-refractivity contribution < 1.29 is 9.90 Å². The van der Waals surface area contributed by atoms with Crippen LogP contribution in [0.4, 0.5) is 0 Å². The highest BCUT2D eigenvalue weighted by atomic mass is 16.4. The Balaban J connectivity index is 2.43. The minimum Gasteiger partial charge on any atom is -0.481 e. The molecule has 0 saturated heterocycles. The second-order valence-corrected chi connectivity index (χ2v) is 3.82.